The minimum atomic E-state index is 0.367. The standard InChI is InChI=1S/C13H27BrO3/c1-4-5-13(2,12-14)6-7-16-10-11-17-9-8-15-3/h4-12H2,1-3H3. The summed E-state index contributed by atoms with van der Waals surface area (Å²) in [5.74, 6) is 0. The van der Waals surface area contributed by atoms with Crippen molar-refractivity contribution in [1.82, 2.24) is 0 Å². The molecule has 0 N–H and O–H groups in total. The molecule has 104 valence electrons. The van der Waals surface area contributed by atoms with Gasteiger partial charge < -0.3 is 14.2 Å². The molecule has 0 spiro atoms. The van der Waals surface area contributed by atoms with E-state index in [1.54, 1.807) is 7.11 Å². The summed E-state index contributed by atoms with van der Waals surface area (Å²) >= 11 is 3.59. The van der Waals surface area contributed by atoms with Crippen molar-refractivity contribution in [3.8, 4) is 0 Å². The fourth-order valence-corrected chi connectivity index (χ4v) is 2.21. The summed E-state index contributed by atoms with van der Waals surface area (Å²) in [6.45, 7) is 7.98. The van der Waals surface area contributed by atoms with E-state index in [0.717, 1.165) is 18.4 Å². The second kappa shape index (κ2) is 11.5. The number of ether oxygens (including phenoxy) is 3. The molecule has 0 rings (SSSR count). The van der Waals surface area contributed by atoms with E-state index in [2.05, 4.69) is 29.8 Å². The third-order valence-corrected chi connectivity index (χ3v) is 4.18. The molecule has 0 aliphatic rings. The zero-order valence-corrected chi connectivity index (χ0v) is 13.1. The number of methoxy groups -OCH3 is 1. The second-order valence-corrected chi connectivity index (χ2v) is 5.22. The first-order chi connectivity index (χ1) is 8.18. The van der Waals surface area contributed by atoms with Crippen LogP contribution in [0.3, 0.4) is 0 Å². The smallest absolute Gasteiger partial charge is 0.0701 e. The summed E-state index contributed by atoms with van der Waals surface area (Å²) < 4.78 is 15.8. The van der Waals surface area contributed by atoms with Crippen molar-refractivity contribution in [3.63, 3.8) is 0 Å². The van der Waals surface area contributed by atoms with Crippen LogP contribution in [0.1, 0.15) is 33.1 Å². The normalized spacial score (nSPS) is 14.8. The molecule has 1 atom stereocenters. The molecule has 0 aromatic heterocycles. The van der Waals surface area contributed by atoms with Crippen LogP contribution in [0.5, 0.6) is 0 Å². The number of alkyl halides is 1. The van der Waals surface area contributed by atoms with Gasteiger partial charge in [-0.1, -0.05) is 36.2 Å². The Morgan fingerprint density at radius 2 is 1.53 bits per heavy atom. The Hall–Kier alpha value is 0.360. The van der Waals surface area contributed by atoms with Crippen molar-refractivity contribution in [2.75, 3.05) is 45.5 Å². The topological polar surface area (TPSA) is 27.7 Å². The van der Waals surface area contributed by atoms with E-state index in [4.69, 9.17) is 14.2 Å². The molecule has 0 saturated heterocycles. The van der Waals surface area contributed by atoms with E-state index in [0.29, 0.717) is 31.8 Å². The number of hydrogen-bond donors (Lipinski definition) is 0. The van der Waals surface area contributed by atoms with E-state index < -0.39 is 0 Å². The summed E-state index contributed by atoms with van der Waals surface area (Å²) in [6.07, 6.45) is 3.57. The second-order valence-electron chi connectivity index (χ2n) is 4.66. The van der Waals surface area contributed by atoms with Crippen LogP contribution < -0.4 is 0 Å². The van der Waals surface area contributed by atoms with Crippen LogP contribution in [0, 0.1) is 5.41 Å². The fraction of sp³-hybridized carbons (Fsp3) is 1.00. The van der Waals surface area contributed by atoms with Crippen LogP contribution in [-0.2, 0) is 14.2 Å². The highest BCUT2D eigenvalue weighted by atomic mass is 79.9. The zero-order valence-electron chi connectivity index (χ0n) is 11.5. The van der Waals surface area contributed by atoms with Crippen LogP contribution in [0.25, 0.3) is 0 Å². The molecule has 0 radical (unpaired) electrons. The van der Waals surface area contributed by atoms with E-state index in [1.807, 2.05) is 0 Å². The molecule has 0 bridgehead atoms. The molecule has 0 heterocycles. The average Bonchev–Trinajstić information content (AvgIpc) is 2.33. The summed E-state index contributed by atoms with van der Waals surface area (Å²) in [7, 11) is 1.68. The van der Waals surface area contributed by atoms with Crippen LogP contribution in [-0.4, -0.2) is 45.5 Å². The van der Waals surface area contributed by atoms with Crippen LogP contribution in [0.15, 0.2) is 0 Å². The van der Waals surface area contributed by atoms with Gasteiger partial charge in [0.25, 0.3) is 0 Å². The maximum absolute atomic E-state index is 5.57. The average molecular weight is 311 g/mol. The van der Waals surface area contributed by atoms with Gasteiger partial charge in [0.1, 0.15) is 0 Å². The SMILES string of the molecule is CCCC(C)(CBr)CCOCCOCCOC. The van der Waals surface area contributed by atoms with E-state index in [-0.39, 0.29) is 0 Å². The summed E-state index contributed by atoms with van der Waals surface area (Å²) in [5, 5.41) is 1.04. The highest BCUT2D eigenvalue weighted by molar-refractivity contribution is 9.09. The first kappa shape index (κ1) is 17.4. The molecule has 4 heteroatoms. The van der Waals surface area contributed by atoms with Gasteiger partial charge in [-0.25, -0.2) is 0 Å². The maximum Gasteiger partial charge on any atom is 0.0701 e. The minimum Gasteiger partial charge on any atom is -0.382 e. The van der Waals surface area contributed by atoms with Gasteiger partial charge in [-0.15, -0.1) is 0 Å². The first-order valence-electron chi connectivity index (χ1n) is 6.39. The Kier molecular flexibility index (Phi) is 11.7. The molecule has 0 aliphatic heterocycles. The Morgan fingerprint density at radius 1 is 0.941 bits per heavy atom. The third-order valence-electron chi connectivity index (χ3n) is 2.83. The summed E-state index contributed by atoms with van der Waals surface area (Å²) in [4.78, 5) is 0. The van der Waals surface area contributed by atoms with E-state index in [9.17, 15) is 0 Å². The number of hydrogen-bond acceptors (Lipinski definition) is 3. The van der Waals surface area contributed by atoms with Gasteiger partial charge in [0.15, 0.2) is 0 Å². The van der Waals surface area contributed by atoms with Crippen LogP contribution in [0.4, 0.5) is 0 Å². The van der Waals surface area contributed by atoms with Crippen LogP contribution in [0.2, 0.25) is 0 Å². The van der Waals surface area contributed by atoms with Crippen molar-refractivity contribution in [1.29, 1.82) is 0 Å². The Labute approximate surface area is 114 Å². The molecule has 3 nitrogen and oxygen atoms in total. The first-order valence-corrected chi connectivity index (χ1v) is 7.51. The van der Waals surface area contributed by atoms with Crippen molar-refractivity contribution >= 4 is 15.9 Å². The van der Waals surface area contributed by atoms with Gasteiger partial charge in [-0.2, -0.15) is 0 Å². The molecule has 0 amide bonds. The highest BCUT2D eigenvalue weighted by Gasteiger charge is 2.21. The monoisotopic (exact) mass is 310 g/mol. The quantitative estimate of drug-likeness (QED) is 0.409. The molecule has 0 saturated carbocycles. The van der Waals surface area contributed by atoms with E-state index in [1.165, 1.54) is 12.8 Å². The van der Waals surface area contributed by atoms with Crippen molar-refractivity contribution < 1.29 is 14.2 Å². The van der Waals surface area contributed by atoms with Crippen molar-refractivity contribution in [2.45, 2.75) is 33.1 Å². The lowest BCUT2D eigenvalue weighted by Crippen LogP contribution is -2.21. The van der Waals surface area contributed by atoms with Gasteiger partial charge >= 0.3 is 0 Å². The van der Waals surface area contributed by atoms with Gasteiger partial charge in [-0.05, 0) is 18.3 Å². The molecule has 0 fully saturated rings. The molecular weight excluding hydrogens is 284 g/mol. The Bertz CT molecular complexity index is 167. The zero-order chi connectivity index (χ0) is 13.0. The molecular formula is C13H27BrO3. The molecule has 0 aromatic carbocycles. The Morgan fingerprint density at radius 3 is 2.06 bits per heavy atom. The van der Waals surface area contributed by atoms with Crippen molar-refractivity contribution in [3.05, 3.63) is 0 Å². The lowest BCUT2D eigenvalue weighted by molar-refractivity contribution is 0.0183. The largest absolute Gasteiger partial charge is 0.382 e. The summed E-state index contributed by atoms with van der Waals surface area (Å²) in [6, 6.07) is 0. The lowest BCUT2D eigenvalue weighted by Gasteiger charge is -2.26. The van der Waals surface area contributed by atoms with Gasteiger partial charge in [0.2, 0.25) is 0 Å². The number of halogens is 1. The number of rotatable bonds is 12. The fourth-order valence-electron chi connectivity index (χ4n) is 1.64. The predicted molar refractivity (Wildman–Crippen MR) is 74.9 cm³/mol. The molecule has 0 aliphatic carbocycles. The molecule has 17 heavy (non-hydrogen) atoms. The molecule has 1 unspecified atom stereocenters. The third kappa shape index (κ3) is 10.0. The van der Waals surface area contributed by atoms with E-state index >= 15 is 0 Å². The highest BCUT2D eigenvalue weighted by Crippen LogP contribution is 2.29. The maximum atomic E-state index is 5.57. The van der Waals surface area contributed by atoms with Gasteiger partial charge in [0, 0.05) is 19.0 Å². The minimum absolute atomic E-state index is 0.367. The van der Waals surface area contributed by atoms with Crippen molar-refractivity contribution in [2.24, 2.45) is 5.41 Å². The predicted octanol–water partition coefficient (Wildman–Crippen LogP) is 3.26. The summed E-state index contributed by atoms with van der Waals surface area (Å²) in [5.41, 5.74) is 0.367. The van der Waals surface area contributed by atoms with Gasteiger partial charge in [0.05, 0.1) is 26.4 Å². The van der Waals surface area contributed by atoms with Crippen LogP contribution >= 0.6 is 15.9 Å². The Balaban J connectivity index is 3.37. The van der Waals surface area contributed by atoms with Gasteiger partial charge in [-0.3, -0.25) is 0 Å². The lowest BCUT2D eigenvalue weighted by atomic mass is 9.85. The molecule has 0 aromatic rings.